The van der Waals surface area contributed by atoms with Gasteiger partial charge in [-0.05, 0) is 0 Å². The van der Waals surface area contributed by atoms with E-state index >= 15 is 0 Å². The summed E-state index contributed by atoms with van der Waals surface area (Å²) in [4.78, 5) is 11.7. The molecule has 0 aromatic heterocycles. The lowest BCUT2D eigenvalue weighted by Gasteiger charge is -2.17. The molecule has 0 bridgehead atoms. The first-order chi connectivity index (χ1) is 5.92. The lowest BCUT2D eigenvalue weighted by Crippen LogP contribution is -2.35. The number of hydrogen-bond donors (Lipinski definition) is 1. The molecule has 0 aliphatic carbocycles. The third-order valence-corrected chi connectivity index (χ3v) is 1.92. The van der Waals surface area contributed by atoms with Gasteiger partial charge in [-0.2, -0.15) is 13.2 Å². The number of likely N-dealkylation sites (tertiary alicyclic amines) is 1. The van der Waals surface area contributed by atoms with Crippen molar-refractivity contribution in [3.63, 3.8) is 0 Å². The van der Waals surface area contributed by atoms with Gasteiger partial charge in [-0.3, -0.25) is 4.79 Å². The number of rotatable bonds is 2. The topological polar surface area (TPSA) is 40.5 Å². The number of carbonyl (C=O) groups is 1. The van der Waals surface area contributed by atoms with Crippen LogP contribution in [0.5, 0.6) is 0 Å². The number of alkyl halides is 3. The van der Waals surface area contributed by atoms with Gasteiger partial charge in [-0.15, -0.1) is 0 Å². The molecular formula is C7H10F3NO2. The molecule has 1 atom stereocenters. The van der Waals surface area contributed by atoms with Crippen LogP contribution >= 0.6 is 0 Å². The van der Waals surface area contributed by atoms with Crippen molar-refractivity contribution in [2.24, 2.45) is 5.92 Å². The zero-order valence-corrected chi connectivity index (χ0v) is 6.84. The van der Waals surface area contributed by atoms with Crippen LogP contribution in [0, 0.1) is 5.92 Å². The van der Waals surface area contributed by atoms with E-state index in [9.17, 15) is 18.0 Å². The highest BCUT2D eigenvalue weighted by molar-refractivity contribution is 5.78. The van der Waals surface area contributed by atoms with Crippen molar-refractivity contribution in [2.75, 3.05) is 19.7 Å². The molecule has 1 aliphatic rings. The highest BCUT2D eigenvalue weighted by Crippen LogP contribution is 2.23. The van der Waals surface area contributed by atoms with Gasteiger partial charge in [0, 0.05) is 25.5 Å². The van der Waals surface area contributed by atoms with Crippen molar-refractivity contribution >= 4 is 5.91 Å². The molecule has 76 valence electrons. The second kappa shape index (κ2) is 3.53. The van der Waals surface area contributed by atoms with E-state index in [1.807, 2.05) is 0 Å². The zero-order valence-electron chi connectivity index (χ0n) is 6.84. The number of carbonyl (C=O) groups excluding carboxylic acids is 1. The summed E-state index contributed by atoms with van der Waals surface area (Å²) in [6, 6.07) is 0. The normalized spacial score (nSPS) is 24.2. The summed E-state index contributed by atoms with van der Waals surface area (Å²) in [6.45, 7) is -1.43. The molecule has 1 aliphatic heterocycles. The first kappa shape index (κ1) is 10.3. The number of aliphatic hydroxyl groups excluding tert-OH is 1. The molecule has 1 heterocycles. The van der Waals surface area contributed by atoms with E-state index in [2.05, 4.69) is 0 Å². The zero-order chi connectivity index (χ0) is 10.1. The molecule has 0 spiro atoms. The fourth-order valence-electron chi connectivity index (χ4n) is 1.35. The molecule has 1 fully saturated rings. The van der Waals surface area contributed by atoms with E-state index in [1.54, 1.807) is 0 Å². The quantitative estimate of drug-likeness (QED) is 0.695. The summed E-state index contributed by atoms with van der Waals surface area (Å²) in [5.41, 5.74) is 0. The number of aliphatic hydroxyl groups is 1. The molecular weight excluding hydrogens is 187 g/mol. The predicted octanol–water partition coefficient (Wildman–Crippen LogP) is 0.390. The maximum absolute atomic E-state index is 11.9. The van der Waals surface area contributed by atoms with Crippen molar-refractivity contribution < 1.29 is 23.1 Å². The molecule has 0 aromatic rings. The Hall–Kier alpha value is -0.780. The van der Waals surface area contributed by atoms with Crippen molar-refractivity contribution in [2.45, 2.75) is 12.6 Å². The van der Waals surface area contributed by atoms with Crippen molar-refractivity contribution in [3.8, 4) is 0 Å². The first-order valence-electron chi connectivity index (χ1n) is 3.88. The SMILES string of the molecule is O=C1CC(CO)CN1CC(F)(F)F. The number of nitrogens with zero attached hydrogens (tertiary/aromatic N) is 1. The maximum Gasteiger partial charge on any atom is 0.406 e. The molecule has 13 heavy (non-hydrogen) atoms. The standard InChI is InChI=1S/C7H10F3NO2/c8-7(9,10)4-11-2-5(3-12)1-6(11)13/h5,12H,1-4H2. The predicted molar refractivity (Wildman–Crippen MR) is 37.8 cm³/mol. The minimum absolute atomic E-state index is 0.00877. The molecule has 1 rings (SSSR count). The Labute approximate surface area is 73.1 Å². The van der Waals surface area contributed by atoms with Gasteiger partial charge < -0.3 is 10.0 Å². The van der Waals surface area contributed by atoms with E-state index in [1.165, 1.54) is 0 Å². The molecule has 3 nitrogen and oxygen atoms in total. The molecule has 0 radical (unpaired) electrons. The number of amides is 1. The lowest BCUT2D eigenvalue weighted by molar-refractivity contribution is -0.157. The molecule has 0 saturated carbocycles. The van der Waals surface area contributed by atoms with E-state index in [-0.39, 0.29) is 25.5 Å². The van der Waals surface area contributed by atoms with Gasteiger partial charge in [0.25, 0.3) is 0 Å². The van der Waals surface area contributed by atoms with Crippen molar-refractivity contribution in [1.29, 1.82) is 0 Å². The second-order valence-electron chi connectivity index (χ2n) is 3.14. The fraction of sp³-hybridized carbons (Fsp3) is 0.857. The summed E-state index contributed by atoms with van der Waals surface area (Å²) >= 11 is 0. The Kier molecular flexibility index (Phi) is 2.80. The average molecular weight is 197 g/mol. The maximum atomic E-state index is 11.9. The Balaban J connectivity index is 2.49. The smallest absolute Gasteiger partial charge is 0.396 e. The molecule has 1 unspecified atom stereocenters. The van der Waals surface area contributed by atoms with Gasteiger partial charge in [-0.25, -0.2) is 0 Å². The van der Waals surface area contributed by atoms with Crippen LogP contribution in [0.15, 0.2) is 0 Å². The van der Waals surface area contributed by atoms with Crippen LogP contribution in [0.25, 0.3) is 0 Å². The fourth-order valence-corrected chi connectivity index (χ4v) is 1.35. The van der Waals surface area contributed by atoms with Crippen molar-refractivity contribution in [1.82, 2.24) is 4.90 Å². The van der Waals surface area contributed by atoms with Gasteiger partial charge in [0.1, 0.15) is 6.54 Å². The minimum Gasteiger partial charge on any atom is -0.396 e. The summed E-state index contributed by atoms with van der Waals surface area (Å²) in [5, 5.41) is 8.64. The van der Waals surface area contributed by atoms with E-state index in [0.29, 0.717) is 0 Å². The third-order valence-electron chi connectivity index (χ3n) is 1.92. The number of hydrogen-bond acceptors (Lipinski definition) is 2. The molecule has 6 heteroatoms. The van der Waals surface area contributed by atoms with Crippen LogP contribution in [0.4, 0.5) is 13.2 Å². The highest BCUT2D eigenvalue weighted by Gasteiger charge is 2.37. The van der Waals surface area contributed by atoms with Gasteiger partial charge in [-0.1, -0.05) is 0 Å². The third kappa shape index (κ3) is 2.87. The molecule has 0 aromatic carbocycles. The summed E-state index contributed by atoms with van der Waals surface area (Å²) in [7, 11) is 0. The summed E-state index contributed by atoms with van der Waals surface area (Å²) in [6.07, 6.45) is -4.33. The largest absolute Gasteiger partial charge is 0.406 e. The van der Waals surface area contributed by atoms with Crippen LogP contribution in [0.2, 0.25) is 0 Å². The van der Waals surface area contributed by atoms with E-state index in [0.717, 1.165) is 4.90 Å². The Bertz CT molecular complexity index is 204. The van der Waals surface area contributed by atoms with E-state index < -0.39 is 18.6 Å². The second-order valence-corrected chi connectivity index (χ2v) is 3.14. The molecule has 1 saturated heterocycles. The van der Waals surface area contributed by atoms with Gasteiger partial charge >= 0.3 is 6.18 Å². The van der Waals surface area contributed by atoms with Crippen molar-refractivity contribution in [3.05, 3.63) is 0 Å². The van der Waals surface area contributed by atoms with Gasteiger partial charge in [0.15, 0.2) is 0 Å². The van der Waals surface area contributed by atoms with Crippen LogP contribution in [-0.2, 0) is 4.79 Å². The highest BCUT2D eigenvalue weighted by atomic mass is 19.4. The Morgan fingerprint density at radius 3 is 2.54 bits per heavy atom. The lowest BCUT2D eigenvalue weighted by atomic mass is 10.1. The van der Waals surface area contributed by atoms with Gasteiger partial charge in [0.05, 0.1) is 0 Å². The van der Waals surface area contributed by atoms with E-state index in [4.69, 9.17) is 5.11 Å². The Morgan fingerprint density at radius 1 is 1.54 bits per heavy atom. The van der Waals surface area contributed by atoms with Crippen LogP contribution in [0.1, 0.15) is 6.42 Å². The average Bonchev–Trinajstić information content (AvgIpc) is 2.29. The Morgan fingerprint density at radius 2 is 2.15 bits per heavy atom. The summed E-state index contributed by atoms with van der Waals surface area (Å²) in [5.74, 6) is -0.869. The van der Waals surface area contributed by atoms with Crippen LogP contribution in [-0.4, -0.2) is 41.8 Å². The monoisotopic (exact) mass is 197 g/mol. The molecule has 1 N–H and O–H groups in total. The minimum atomic E-state index is -4.35. The number of halogens is 3. The van der Waals surface area contributed by atoms with Crippen LogP contribution < -0.4 is 0 Å². The van der Waals surface area contributed by atoms with Gasteiger partial charge in [0.2, 0.25) is 5.91 Å². The van der Waals surface area contributed by atoms with Crippen LogP contribution in [0.3, 0.4) is 0 Å². The first-order valence-corrected chi connectivity index (χ1v) is 3.88. The summed E-state index contributed by atoms with van der Waals surface area (Å²) < 4.78 is 35.6. The molecule has 1 amide bonds.